The van der Waals surface area contributed by atoms with Gasteiger partial charge in [0.05, 0.1) is 22.7 Å². The number of ether oxygens (including phenoxy) is 1. The van der Waals surface area contributed by atoms with Crippen LogP contribution in [0.5, 0.6) is 5.88 Å². The predicted molar refractivity (Wildman–Crippen MR) is 108 cm³/mol. The van der Waals surface area contributed by atoms with Gasteiger partial charge in [-0.15, -0.1) is 0 Å². The fourth-order valence-corrected chi connectivity index (χ4v) is 3.74. The van der Waals surface area contributed by atoms with Gasteiger partial charge in [0.1, 0.15) is 0 Å². The lowest BCUT2D eigenvalue weighted by Gasteiger charge is -2.11. The van der Waals surface area contributed by atoms with Gasteiger partial charge in [-0.1, -0.05) is 35.0 Å². The smallest absolute Gasteiger partial charge is 0.268 e. The highest BCUT2D eigenvalue weighted by Crippen LogP contribution is 2.29. The second-order valence-corrected chi connectivity index (χ2v) is 7.83. The number of nitrogen functional groups attached to an aromatic ring is 1. The summed E-state index contributed by atoms with van der Waals surface area (Å²) in [6, 6.07) is 2.74. The molecule has 0 atom stereocenters. The minimum absolute atomic E-state index is 0.00823. The molecular weight excluding hydrogens is 439 g/mol. The lowest BCUT2D eigenvalue weighted by atomic mass is 10.2. The van der Waals surface area contributed by atoms with Crippen molar-refractivity contribution in [2.24, 2.45) is 0 Å². The number of halogens is 2. The van der Waals surface area contributed by atoms with E-state index < -0.39 is 10.0 Å². The molecule has 0 aliphatic carbocycles. The van der Waals surface area contributed by atoms with Gasteiger partial charge in [-0.05, 0) is 12.1 Å². The van der Waals surface area contributed by atoms with E-state index in [-0.39, 0.29) is 32.6 Å². The highest BCUT2D eigenvalue weighted by Gasteiger charge is 2.23. The molecule has 0 saturated carbocycles. The standard InChI is InChI=1S/C17H12Cl2N6O3S/c1-28-16-13(6-12(18)9-22-16)29(26,27)25-15-14(19)11(4-5-21-15)3-2-10-7-23-17(20)24-8-10/h4-9H,1H3,(H,21,25)(H2,20,23,24). The first-order valence-electron chi connectivity index (χ1n) is 7.76. The number of pyridine rings is 2. The maximum Gasteiger partial charge on any atom is 0.268 e. The minimum atomic E-state index is -4.14. The first kappa shape index (κ1) is 20.6. The van der Waals surface area contributed by atoms with E-state index in [1.165, 1.54) is 44.0 Å². The van der Waals surface area contributed by atoms with Crippen LogP contribution >= 0.6 is 23.2 Å². The normalized spacial score (nSPS) is 10.7. The third-order valence-electron chi connectivity index (χ3n) is 3.40. The fourth-order valence-electron chi connectivity index (χ4n) is 2.09. The summed E-state index contributed by atoms with van der Waals surface area (Å²) < 4.78 is 32.8. The number of rotatable bonds is 4. The number of sulfonamides is 1. The summed E-state index contributed by atoms with van der Waals surface area (Å²) in [7, 11) is -2.85. The van der Waals surface area contributed by atoms with Crippen LogP contribution in [0.15, 0.2) is 41.8 Å². The van der Waals surface area contributed by atoms with Crippen LogP contribution in [0.3, 0.4) is 0 Å². The molecule has 0 saturated heterocycles. The zero-order valence-electron chi connectivity index (χ0n) is 14.7. The molecule has 0 aliphatic rings. The van der Waals surface area contributed by atoms with Crippen LogP contribution in [0.1, 0.15) is 11.1 Å². The van der Waals surface area contributed by atoms with Crippen LogP contribution in [0.4, 0.5) is 11.8 Å². The van der Waals surface area contributed by atoms with Crippen LogP contribution in [0, 0.1) is 11.8 Å². The van der Waals surface area contributed by atoms with Crippen LogP contribution in [-0.4, -0.2) is 35.5 Å². The van der Waals surface area contributed by atoms with E-state index in [0.29, 0.717) is 11.1 Å². The number of hydrogen-bond donors (Lipinski definition) is 2. The Bertz CT molecular complexity index is 1220. The van der Waals surface area contributed by atoms with E-state index in [1.54, 1.807) is 0 Å². The topological polar surface area (TPSA) is 133 Å². The second-order valence-electron chi connectivity index (χ2n) is 5.37. The molecule has 0 radical (unpaired) electrons. The molecule has 3 N–H and O–H groups in total. The molecule has 0 fully saturated rings. The molecule has 0 unspecified atom stereocenters. The fraction of sp³-hybridized carbons (Fsp3) is 0.0588. The van der Waals surface area contributed by atoms with Crippen molar-refractivity contribution in [3.05, 3.63) is 58.1 Å². The first-order chi connectivity index (χ1) is 13.8. The third kappa shape index (κ3) is 4.83. The summed E-state index contributed by atoms with van der Waals surface area (Å²) in [6.45, 7) is 0. The monoisotopic (exact) mass is 450 g/mol. The van der Waals surface area contributed by atoms with Crippen molar-refractivity contribution >= 4 is 45.0 Å². The SMILES string of the molecule is COc1ncc(Cl)cc1S(=O)(=O)Nc1nccc(C#Cc2cnc(N)nc2)c1Cl. The van der Waals surface area contributed by atoms with Crippen molar-refractivity contribution in [1.82, 2.24) is 19.9 Å². The zero-order valence-corrected chi connectivity index (χ0v) is 17.0. The Morgan fingerprint density at radius 1 is 1.10 bits per heavy atom. The Labute approximate surface area is 176 Å². The number of anilines is 2. The second kappa shape index (κ2) is 8.48. The molecule has 148 valence electrons. The predicted octanol–water partition coefficient (Wildman–Crippen LogP) is 2.36. The molecule has 3 rings (SSSR count). The average Bonchev–Trinajstić information content (AvgIpc) is 2.70. The lowest BCUT2D eigenvalue weighted by molar-refractivity contribution is 0.385. The first-order valence-corrected chi connectivity index (χ1v) is 10.0. The van der Waals surface area contributed by atoms with Crippen LogP contribution in [0.25, 0.3) is 0 Å². The summed E-state index contributed by atoms with van der Waals surface area (Å²) in [5, 5.41) is 0.129. The minimum Gasteiger partial charge on any atom is -0.480 e. The molecular formula is C17H12Cl2N6O3S. The van der Waals surface area contributed by atoms with Crippen molar-refractivity contribution in [2.75, 3.05) is 17.6 Å². The third-order valence-corrected chi connectivity index (χ3v) is 5.32. The summed E-state index contributed by atoms with van der Waals surface area (Å²) in [5.74, 6) is 5.50. The Morgan fingerprint density at radius 3 is 2.52 bits per heavy atom. The van der Waals surface area contributed by atoms with Gasteiger partial charge in [0.15, 0.2) is 10.7 Å². The van der Waals surface area contributed by atoms with Gasteiger partial charge in [0.25, 0.3) is 10.0 Å². The van der Waals surface area contributed by atoms with Gasteiger partial charge < -0.3 is 10.5 Å². The largest absolute Gasteiger partial charge is 0.480 e. The summed E-state index contributed by atoms with van der Waals surface area (Å²) in [4.78, 5) is 15.2. The van der Waals surface area contributed by atoms with Gasteiger partial charge in [-0.2, -0.15) is 0 Å². The molecule has 9 nitrogen and oxygen atoms in total. The summed E-state index contributed by atoms with van der Waals surface area (Å²) >= 11 is 12.1. The van der Waals surface area contributed by atoms with Crippen LogP contribution < -0.4 is 15.2 Å². The Balaban J connectivity index is 1.94. The number of nitrogens with zero attached hydrogens (tertiary/aromatic N) is 4. The maximum absolute atomic E-state index is 12.8. The van der Waals surface area contributed by atoms with E-state index in [9.17, 15) is 8.42 Å². The number of methoxy groups -OCH3 is 1. The molecule has 0 amide bonds. The van der Waals surface area contributed by atoms with Gasteiger partial charge in [0.2, 0.25) is 11.8 Å². The Morgan fingerprint density at radius 2 is 1.83 bits per heavy atom. The van der Waals surface area contributed by atoms with Gasteiger partial charge in [-0.3, -0.25) is 4.72 Å². The quantitative estimate of drug-likeness (QED) is 0.578. The molecule has 0 spiro atoms. The Kier molecular flexibility index (Phi) is 6.03. The molecule has 0 aliphatic heterocycles. The summed E-state index contributed by atoms with van der Waals surface area (Å²) in [5.41, 5.74) is 6.27. The van der Waals surface area contributed by atoms with Crippen LogP contribution in [0.2, 0.25) is 10.0 Å². The maximum atomic E-state index is 12.8. The number of hydrogen-bond acceptors (Lipinski definition) is 8. The number of nitrogens with two attached hydrogens (primary N) is 1. The molecule has 0 aromatic carbocycles. The zero-order chi connectivity index (χ0) is 21.0. The highest BCUT2D eigenvalue weighted by atomic mass is 35.5. The van der Waals surface area contributed by atoms with Gasteiger partial charge >= 0.3 is 0 Å². The summed E-state index contributed by atoms with van der Waals surface area (Å²) in [6.07, 6.45) is 5.53. The van der Waals surface area contributed by atoms with Gasteiger partial charge in [-0.25, -0.2) is 28.4 Å². The average molecular weight is 451 g/mol. The van der Waals surface area contributed by atoms with Crippen molar-refractivity contribution in [1.29, 1.82) is 0 Å². The molecule has 0 bridgehead atoms. The molecule has 3 heterocycles. The van der Waals surface area contributed by atoms with Gasteiger partial charge in [0, 0.05) is 30.4 Å². The van der Waals surface area contributed by atoms with Crippen molar-refractivity contribution < 1.29 is 13.2 Å². The van der Waals surface area contributed by atoms with Crippen LogP contribution in [-0.2, 0) is 10.0 Å². The van der Waals surface area contributed by atoms with Crippen molar-refractivity contribution in [3.63, 3.8) is 0 Å². The van der Waals surface area contributed by atoms with E-state index in [2.05, 4.69) is 36.5 Å². The van der Waals surface area contributed by atoms with E-state index in [0.717, 1.165) is 0 Å². The molecule has 3 aromatic heterocycles. The van der Waals surface area contributed by atoms with Crippen molar-refractivity contribution in [3.8, 4) is 17.7 Å². The molecule has 29 heavy (non-hydrogen) atoms. The van der Waals surface area contributed by atoms with E-state index >= 15 is 0 Å². The molecule has 12 heteroatoms. The van der Waals surface area contributed by atoms with E-state index in [4.69, 9.17) is 33.7 Å². The highest BCUT2D eigenvalue weighted by molar-refractivity contribution is 7.92. The number of aromatic nitrogens is 4. The lowest BCUT2D eigenvalue weighted by Crippen LogP contribution is -2.16. The molecule has 3 aromatic rings. The van der Waals surface area contributed by atoms with E-state index in [1.807, 2.05) is 0 Å². The van der Waals surface area contributed by atoms with Crippen molar-refractivity contribution in [2.45, 2.75) is 4.90 Å². The number of nitrogens with one attached hydrogen (secondary N) is 1. The Hall–Kier alpha value is -3.13.